The van der Waals surface area contributed by atoms with Gasteiger partial charge >= 0.3 is 0 Å². The van der Waals surface area contributed by atoms with E-state index in [1.165, 1.54) is 23.1 Å². The lowest BCUT2D eigenvalue weighted by Crippen LogP contribution is -2.15. The Kier molecular flexibility index (Phi) is 7.46. The molecule has 0 atom stereocenters. The minimum atomic E-state index is -0.120. The van der Waals surface area contributed by atoms with Crippen molar-refractivity contribution in [1.82, 2.24) is 4.98 Å². The summed E-state index contributed by atoms with van der Waals surface area (Å²) in [5.74, 6) is 0.0650. The maximum absolute atomic E-state index is 12.3. The molecule has 0 aliphatic carbocycles. The number of aryl methyl sites for hydroxylation is 2. The molecule has 0 saturated heterocycles. The largest absolute Gasteiger partial charge is 0.326 e. The number of benzene rings is 2. The van der Waals surface area contributed by atoms with E-state index in [9.17, 15) is 9.59 Å². The van der Waals surface area contributed by atoms with Crippen molar-refractivity contribution in [3.63, 3.8) is 0 Å². The van der Waals surface area contributed by atoms with Crippen molar-refractivity contribution < 1.29 is 9.59 Å². The molecule has 0 unspecified atom stereocenters. The molecule has 2 N–H and O–H groups in total. The van der Waals surface area contributed by atoms with Crippen molar-refractivity contribution in [3.8, 4) is 0 Å². The van der Waals surface area contributed by atoms with Gasteiger partial charge in [0.05, 0.1) is 17.9 Å². The highest BCUT2D eigenvalue weighted by Crippen LogP contribution is 2.24. The lowest BCUT2D eigenvalue weighted by molar-refractivity contribution is -0.116. The van der Waals surface area contributed by atoms with Crippen LogP contribution in [0.2, 0.25) is 0 Å². The molecule has 5 nitrogen and oxygen atoms in total. The predicted octanol–water partition coefficient (Wildman–Crippen LogP) is 5.43. The number of hydrogen-bond acceptors (Lipinski definition) is 5. The number of carbonyl (C=O) groups is 2. The predicted molar refractivity (Wildman–Crippen MR) is 124 cm³/mol. The van der Waals surface area contributed by atoms with Gasteiger partial charge in [0.1, 0.15) is 0 Å². The maximum Gasteiger partial charge on any atom is 0.234 e. The smallest absolute Gasteiger partial charge is 0.234 e. The van der Waals surface area contributed by atoms with Crippen LogP contribution < -0.4 is 10.6 Å². The van der Waals surface area contributed by atoms with Crippen LogP contribution in [0.25, 0.3) is 0 Å². The molecule has 0 fully saturated rings. The second-order valence-electron chi connectivity index (χ2n) is 6.50. The second-order valence-corrected chi connectivity index (χ2v) is 9.43. The summed E-state index contributed by atoms with van der Waals surface area (Å²) >= 11 is 6.25. The van der Waals surface area contributed by atoms with Crippen LogP contribution in [0.15, 0.2) is 56.7 Å². The van der Waals surface area contributed by atoms with Gasteiger partial charge in [-0.3, -0.25) is 9.59 Å². The molecule has 8 heteroatoms. The molecule has 29 heavy (non-hydrogen) atoms. The quantitative estimate of drug-likeness (QED) is 0.433. The van der Waals surface area contributed by atoms with Gasteiger partial charge in [0.2, 0.25) is 11.8 Å². The molecule has 0 aliphatic heterocycles. The van der Waals surface area contributed by atoms with Gasteiger partial charge in [-0.15, -0.1) is 11.3 Å². The molecular weight excluding hydrogens is 470 g/mol. The Morgan fingerprint density at radius 1 is 1.03 bits per heavy atom. The van der Waals surface area contributed by atoms with E-state index < -0.39 is 0 Å². The summed E-state index contributed by atoms with van der Waals surface area (Å²) in [4.78, 5) is 28.8. The molecule has 3 aromatic rings. The average Bonchev–Trinajstić information content (AvgIpc) is 3.12. The fraction of sp³-hybridized carbons (Fsp3) is 0.190. The number of anilines is 2. The zero-order valence-corrected chi connectivity index (χ0v) is 19.2. The summed E-state index contributed by atoms with van der Waals surface area (Å²) in [6, 6.07) is 13.3. The summed E-state index contributed by atoms with van der Waals surface area (Å²) in [5.41, 5.74) is 4.43. The van der Waals surface area contributed by atoms with Crippen molar-refractivity contribution in [2.75, 3.05) is 16.4 Å². The highest BCUT2D eigenvalue weighted by atomic mass is 79.9. The van der Waals surface area contributed by atoms with E-state index in [0.717, 1.165) is 31.3 Å². The standard InChI is InChI=1S/C21H20BrN3O2S2/c1-13-3-5-15(6-4-13)23-20(27)12-29-21-25-17(11-28-21)10-19(26)24-16-7-8-18(22)14(2)9-16/h3-9,11H,10,12H2,1-2H3,(H,23,27)(H,24,26). The lowest BCUT2D eigenvalue weighted by atomic mass is 10.2. The van der Waals surface area contributed by atoms with Gasteiger partial charge in [-0.1, -0.05) is 45.4 Å². The first-order valence-electron chi connectivity index (χ1n) is 8.89. The van der Waals surface area contributed by atoms with E-state index in [4.69, 9.17) is 0 Å². The molecule has 0 saturated carbocycles. The monoisotopic (exact) mass is 489 g/mol. The Labute approximate surface area is 186 Å². The highest BCUT2D eigenvalue weighted by molar-refractivity contribution is 9.10. The number of aromatic nitrogens is 1. The van der Waals surface area contributed by atoms with Crippen molar-refractivity contribution in [3.05, 3.63) is 69.1 Å². The van der Waals surface area contributed by atoms with Crippen LogP contribution in [0, 0.1) is 13.8 Å². The van der Waals surface area contributed by atoms with Gasteiger partial charge in [0, 0.05) is 21.2 Å². The fourth-order valence-electron chi connectivity index (χ4n) is 2.49. The van der Waals surface area contributed by atoms with Gasteiger partial charge in [-0.2, -0.15) is 0 Å². The Bertz CT molecular complexity index is 1020. The molecule has 1 heterocycles. The van der Waals surface area contributed by atoms with Gasteiger partial charge in [0.25, 0.3) is 0 Å². The molecule has 2 amide bonds. The number of nitrogens with zero attached hydrogens (tertiary/aromatic N) is 1. The third kappa shape index (κ3) is 6.69. The molecular formula is C21H20BrN3O2S2. The summed E-state index contributed by atoms with van der Waals surface area (Å²) in [6.45, 7) is 3.97. The zero-order valence-electron chi connectivity index (χ0n) is 16.0. The Morgan fingerprint density at radius 2 is 1.72 bits per heavy atom. The number of carbonyl (C=O) groups excluding carboxylic acids is 2. The minimum Gasteiger partial charge on any atom is -0.326 e. The van der Waals surface area contributed by atoms with Crippen LogP contribution in [0.1, 0.15) is 16.8 Å². The van der Waals surface area contributed by atoms with Crippen molar-refractivity contribution in [2.24, 2.45) is 0 Å². The Balaban J connectivity index is 1.47. The number of thioether (sulfide) groups is 1. The summed E-state index contributed by atoms with van der Waals surface area (Å²) in [6.07, 6.45) is 0.196. The summed E-state index contributed by atoms with van der Waals surface area (Å²) in [5, 5.41) is 7.60. The number of amides is 2. The van der Waals surface area contributed by atoms with Crippen LogP contribution in [0.4, 0.5) is 11.4 Å². The SMILES string of the molecule is Cc1ccc(NC(=O)CSc2nc(CC(=O)Nc3ccc(Br)c(C)c3)cs2)cc1. The number of nitrogens with one attached hydrogen (secondary N) is 2. The Morgan fingerprint density at radius 3 is 2.45 bits per heavy atom. The molecule has 0 aliphatic rings. The van der Waals surface area contributed by atoms with Gasteiger partial charge in [0.15, 0.2) is 4.34 Å². The molecule has 0 spiro atoms. The molecule has 0 bridgehead atoms. The highest BCUT2D eigenvalue weighted by Gasteiger charge is 2.11. The third-order valence-corrected chi connectivity index (χ3v) is 6.94. The van der Waals surface area contributed by atoms with E-state index in [1.54, 1.807) is 0 Å². The zero-order chi connectivity index (χ0) is 20.8. The van der Waals surface area contributed by atoms with Crippen molar-refractivity contribution >= 4 is 62.2 Å². The lowest BCUT2D eigenvalue weighted by Gasteiger charge is -2.06. The average molecular weight is 490 g/mol. The first-order valence-corrected chi connectivity index (χ1v) is 11.5. The van der Waals surface area contributed by atoms with Gasteiger partial charge in [-0.25, -0.2) is 4.98 Å². The third-order valence-electron chi connectivity index (χ3n) is 3.98. The number of thiazole rings is 1. The normalized spacial score (nSPS) is 10.6. The van der Waals surface area contributed by atoms with Crippen LogP contribution in [0.5, 0.6) is 0 Å². The molecule has 2 aromatic carbocycles. The first-order chi connectivity index (χ1) is 13.9. The van der Waals surface area contributed by atoms with Crippen LogP contribution in [-0.4, -0.2) is 22.6 Å². The topological polar surface area (TPSA) is 71.1 Å². The molecule has 150 valence electrons. The molecule has 1 aromatic heterocycles. The minimum absolute atomic E-state index is 0.0843. The van der Waals surface area contributed by atoms with E-state index in [2.05, 4.69) is 31.5 Å². The van der Waals surface area contributed by atoms with E-state index in [0.29, 0.717) is 5.69 Å². The van der Waals surface area contributed by atoms with Crippen molar-refractivity contribution in [1.29, 1.82) is 0 Å². The van der Waals surface area contributed by atoms with Gasteiger partial charge < -0.3 is 10.6 Å². The maximum atomic E-state index is 12.3. The van der Waals surface area contributed by atoms with E-state index in [-0.39, 0.29) is 24.0 Å². The molecule has 3 rings (SSSR count). The molecule has 0 radical (unpaired) electrons. The number of rotatable bonds is 7. The van der Waals surface area contributed by atoms with Crippen LogP contribution >= 0.6 is 39.0 Å². The van der Waals surface area contributed by atoms with E-state index in [1.807, 2.05) is 61.7 Å². The summed E-state index contributed by atoms with van der Waals surface area (Å²) in [7, 11) is 0. The first kappa shape index (κ1) is 21.5. The fourth-order valence-corrected chi connectivity index (χ4v) is 4.38. The van der Waals surface area contributed by atoms with E-state index >= 15 is 0 Å². The number of halogens is 1. The van der Waals surface area contributed by atoms with Crippen LogP contribution in [0.3, 0.4) is 0 Å². The second kappa shape index (κ2) is 10.0. The number of hydrogen-bond donors (Lipinski definition) is 2. The van der Waals surface area contributed by atoms with Crippen molar-refractivity contribution in [2.45, 2.75) is 24.6 Å². The van der Waals surface area contributed by atoms with Gasteiger partial charge in [-0.05, 0) is 49.7 Å². The summed E-state index contributed by atoms with van der Waals surface area (Å²) < 4.78 is 1.77. The van der Waals surface area contributed by atoms with Crippen LogP contribution in [-0.2, 0) is 16.0 Å². The Hall–Kier alpha value is -2.16.